The average Bonchev–Trinajstić information content (AvgIpc) is 3.05. The molecule has 7 nitrogen and oxygen atoms in total. The summed E-state index contributed by atoms with van der Waals surface area (Å²) in [6, 6.07) is 9.76. The molecule has 7 heteroatoms. The Bertz CT molecular complexity index is 673. The van der Waals surface area contributed by atoms with Crippen molar-refractivity contribution in [3.05, 3.63) is 47.6 Å². The standard InChI is InChI=1S/C17H22N4O3/c1-12(18-2)8-15-19-17(24-20-15)14-10-23-11-16(22)21(14)9-13-6-4-3-5-7-13/h3-7,12,14,18H,8-11H2,1-2H3/t12?,14-/m1/s1. The Labute approximate surface area is 141 Å². The van der Waals surface area contributed by atoms with Crippen LogP contribution in [0.3, 0.4) is 0 Å². The van der Waals surface area contributed by atoms with Crippen LogP contribution in [0.4, 0.5) is 0 Å². The number of amides is 1. The molecule has 2 atom stereocenters. The smallest absolute Gasteiger partial charge is 0.251 e. The summed E-state index contributed by atoms with van der Waals surface area (Å²) in [6.45, 7) is 2.99. The van der Waals surface area contributed by atoms with Gasteiger partial charge in [0.1, 0.15) is 12.6 Å². The van der Waals surface area contributed by atoms with Crippen molar-refractivity contribution in [2.45, 2.75) is 32.0 Å². The highest BCUT2D eigenvalue weighted by atomic mass is 16.5. The highest BCUT2D eigenvalue weighted by Gasteiger charge is 2.34. The molecule has 1 aliphatic heterocycles. The van der Waals surface area contributed by atoms with Gasteiger partial charge in [-0.05, 0) is 19.5 Å². The van der Waals surface area contributed by atoms with E-state index in [2.05, 4.69) is 15.5 Å². The zero-order chi connectivity index (χ0) is 16.9. The molecular formula is C17H22N4O3. The van der Waals surface area contributed by atoms with Gasteiger partial charge in [-0.15, -0.1) is 0 Å². The maximum atomic E-state index is 12.3. The first-order chi connectivity index (χ1) is 11.7. The summed E-state index contributed by atoms with van der Waals surface area (Å²) in [5.41, 5.74) is 1.06. The highest BCUT2D eigenvalue weighted by molar-refractivity contribution is 5.78. The van der Waals surface area contributed by atoms with Crippen LogP contribution < -0.4 is 5.32 Å². The molecule has 3 rings (SSSR count). The lowest BCUT2D eigenvalue weighted by atomic mass is 10.1. The quantitative estimate of drug-likeness (QED) is 0.860. The van der Waals surface area contributed by atoms with Gasteiger partial charge in [-0.2, -0.15) is 4.98 Å². The number of carbonyl (C=O) groups is 1. The van der Waals surface area contributed by atoms with Crippen molar-refractivity contribution in [1.82, 2.24) is 20.4 Å². The minimum Gasteiger partial charge on any atom is -0.369 e. The third-order valence-electron chi connectivity index (χ3n) is 4.14. The van der Waals surface area contributed by atoms with Crippen LogP contribution in [0.25, 0.3) is 0 Å². The van der Waals surface area contributed by atoms with Crippen LogP contribution in [0, 0.1) is 0 Å². The molecule has 1 amide bonds. The van der Waals surface area contributed by atoms with Crippen molar-refractivity contribution in [1.29, 1.82) is 0 Å². The Hall–Kier alpha value is -2.25. The van der Waals surface area contributed by atoms with E-state index >= 15 is 0 Å². The van der Waals surface area contributed by atoms with Crippen molar-refractivity contribution in [2.24, 2.45) is 0 Å². The number of nitrogens with zero attached hydrogens (tertiary/aromatic N) is 3. The molecule has 1 N–H and O–H groups in total. The summed E-state index contributed by atoms with van der Waals surface area (Å²) in [5, 5.41) is 7.17. The number of hydrogen-bond donors (Lipinski definition) is 1. The number of ether oxygens (including phenoxy) is 1. The largest absolute Gasteiger partial charge is 0.369 e. The number of morpholine rings is 1. The molecule has 0 bridgehead atoms. The summed E-state index contributed by atoms with van der Waals surface area (Å²) in [4.78, 5) is 18.5. The molecule has 1 unspecified atom stereocenters. The van der Waals surface area contributed by atoms with E-state index in [1.165, 1.54) is 0 Å². The number of rotatable bonds is 6. The predicted octanol–water partition coefficient (Wildman–Crippen LogP) is 1.32. The topological polar surface area (TPSA) is 80.5 Å². The van der Waals surface area contributed by atoms with E-state index in [0.717, 1.165) is 5.56 Å². The van der Waals surface area contributed by atoms with Crippen molar-refractivity contribution < 1.29 is 14.1 Å². The monoisotopic (exact) mass is 330 g/mol. The second-order valence-electron chi connectivity index (χ2n) is 5.98. The van der Waals surface area contributed by atoms with Crippen LogP contribution in [-0.2, 0) is 22.5 Å². The molecule has 0 spiro atoms. The first kappa shape index (κ1) is 16.6. The van der Waals surface area contributed by atoms with Crippen LogP contribution in [0.2, 0.25) is 0 Å². The van der Waals surface area contributed by atoms with Gasteiger partial charge >= 0.3 is 0 Å². The van der Waals surface area contributed by atoms with Crippen molar-refractivity contribution in [3.63, 3.8) is 0 Å². The van der Waals surface area contributed by atoms with E-state index < -0.39 is 0 Å². The van der Waals surface area contributed by atoms with Gasteiger partial charge in [0.2, 0.25) is 5.91 Å². The molecule has 0 saturated carbocycles. The maximum absolute atomic E-state index is 12.3. The Morgan fingerprint density at radius 1 is 1.38 bits per heavy atom. The first-order valence-corrected chi connectivity index (χ1v) is 8.08. The molecule has 0 aliphatic carbocycles. The molecule has 24 heavy (non-hydrogen) atoms. The van der Waals surface area contributed by atoms with Crippen molar-refractivity contribution in [3.8, 4) is 0 Å². The van der Waals surface area contributed by atoms with Crippen LogP contribution >= 0.6 is 0 Å². The van der Waals surface area contributed by atoms with Gasteiger partial charge in [-0.3, -0.25) is 4.79 Å². The van der Waals surface area contributed by atoms with Crippen LogP contribution in [0.1, 0.15) is 30.2 Å². The molecule has 1 saturated heterocycles. The molecule has 0 radical (unpaired) electrons. The summed E-state index contributed by atoms with van der Waals surface area (Å²) < 4.78 is 10.8. The van der Waals surface area contributed by atoms with Crippen molar-refractivity contribution >= 4 is 5.91 Å². The minimum atomic E-state index is -0.349. The Balaban J connectivity index is 1.77. The van der Waals surface area contributed by atoms with Gasteiger partial charge in [0.15, 0.2) is 5.82 Å². The minimum absolute atomic E-state index is 0.0709. The fraction of sp³-hybridized carbons (Fsp3) is 0.471. The van der Waals surface area contributed by atoms with E-state index in [-0.39, 0.29) is 24.6 Å². The fourth-order valence-electron chi connectivity index (χ4n) is 2.65. The van der Waals surface area contributed by atoms with Gasteiger partial charge in [-0.1, -0.05) is 35.5 Å². The molecule has 1 aromatic heterocycles. The number of aromatic nitrogens is 2. The van der Waals surface area contributed by atoms with E-state index in [1.807, 2.05) is 44.3 Å². The van der Waals surface area contributed by atoms with Crippen LogP contribution in [0.15, 0.2) is 34.9 Å². The molecule has 1 aromatic carbocycles. The fourth-order valence-corrected chi connectivity index (χ4v) is 2.65. The normalized spacial score (nSPS) is 19.5. The van der Waals surface area contributed by atoms with Crippen LogP contribution in [0.5, 0.6) is 0 Å². The lowest BCUT2D eigenvalue weighted by molar-refractivity contribution is -0.150. The van der Waals surface area contributed by atoms with Gasteiger partial charge in [0.05, 0.1) is 6.61 Å². The third-order valence-corrected chi connectivity index (χ3v) is 4.14. The maximum Gasteiger partial charge on any atom is 0.251 e. The molecule has 2 heterocycles. The second kappa shape index (κ2) is 7.55. The Kier molecular flexibility index (Phi) is 5.22. The number of hydrogen-bond acceptors (Lipinski definition) is 6. The van der Waals surface area contributed by atoms with E-state index in [0.29, 0.717) is 31.3 Å². The Morgan fingerprint density at radius 3 is 2.92 bits per heavy atom. The first-order valence-electron chi connectivity index (χ1n) is 8.08. The summed E-state index contributed by atoms with van der Waals surface area (Å²) in [7, 11) is 1.89. The molecule has 2 aromatic rings. The van der Waals surface area contributed by atoms with E-state index in [1.54, 1.807) is 4.90 Å². The molecule has 128 valence electrons. The molecular weight excluding hydrogens is 308 g/mol. The lowest BCUT2D eigenvalue weighted by Crippen LogP contribution is -2.43. The van der Waals surface area contributed by atoms with E-state index in [9.17, 15) is 4.79 Å². The second-order valence-corrected chi connectivity index (χ2v) is 5.98. The number of benzene rings is 1. The summed E-state index contributed by atoms with van der Waals surface area (Å²) in [6.07, 6.45) is 0.667. The third kappa shape index (κ3) is 3.80. The highest BCUT2D eigenvalue weighted by Crippen LogP contribution is 2.25. The van der Waals surface area contributed by atoms with E-state index in [4.69, 9.17) is 9.26 Å². The van der Waals surface area contributed by atoms with Gasteiger partial charge in [-0.25, -0.2) is 0 Å². The van der Waals surface area contributed by atoms with Crippen molar-refractivity contribution in [2.75, 3.05) is 20.3 Å². The van der Waals surface area contributed by atoms with Gasteiger partial charge in [0.25, 0.3) is 5.89 Å². The number of carbonyl (C=O) groups excluding carboxylic acids is 1. The number of likely N-dealkylation sites (N-methyl/N-ethyl adjacent to an activating group) is 1. The average molecular weight is 330 g/mol. The Morgan fingerprint density at radius 2 is 2.17 bits per heavy atom. The zero-order valence-electron chi connectivity index (χ0n) is 13.9. The summed E-state index contributed by atoms with van der Waals surface area (Å²) >= 11 is 0. The van der Waals surface area contributed by atoms with Gasteiger partial charge in [0, 0.05) is 19.0 Å². The van der Waals surface area contributed by atoms with Crippen LogP contribution in [-0.4, -0.2) is 47.3 Å². The zero-order valence-corrected chi connectivity index (χ0v) is 13.9. The predicted molar refractivity (Wildman–Crippen MR) is 87.1 cm³/mol. The molecule has 1 fully saturated rings. The summed E-state index contributed by atoms with van der Waals surface area (Å²) in [5.74, 6) is 0.986. The lowest BCUT2D eigenvalue weighted by Gasteiger charge is -2.33. The SMILES string of the molecule is CNC(C)Cc1noc([C@H]2COCC(=O)N2Cc2ccccc2)n1. The van der Waals surface area contributed by atoms with Gasteiger partial charge < -0.3 is 19.5 Å². The molecule has 1 aliphatic rings. The number of nitrogens with one attached hydrogen (secondary N) is 1.